The number of rotatable bonds is 2. The van der Waals surface area contributed by atoms with Gasteiger partial charge in [0.15, 0.2) is 0 Å². The molecule has 0 fully saturated rings. The van der Waals surface area contributed by atoms with E-state index in [1.54, 1.807) is 13.3 Å². The van der Waals surface area contributed by atoms with Crippen LogP contribution in [-0.4, -0.2) is 12.1 Å². The van der Waals surface area contributed by atoms with E-state index in [9.17, 15) is 0 Å². The topological polar surface area (TPSA) is 57.4 Å². The van der Waals surface area contributed by atoms with Crippen molar-refractivity contribution in [3.05, 3.63) is 52.3 Å². The van der Waals surface area contributed by atoms with E-state index >= 15 is 0 Å². The Morgan fingerprint density at radius 2 is 2.20 bits per heavy atom. The second-order valence-electron chi connectivity index (χ2n) is 4.75. The molecule has 0 saturated heterocycles. The van der Waals surface area contributed by atoms with Gasteiger partial charge >= 0.3 is 0 Å². The van der Waals surface area contributed by atoms with Gasteiger partial charge < -0.3 is 15.2 Å². The quantitative estimate of drug-likeness (QED) is 0.914. The fourth-order valence-electron chi connectivity index (χ4n) is 2.37. The van der Waals surface area contributed by atoms with Crippen LogP contribution in [0.2, 0.25) is 0 Å². The van der Waals surface area contributed by atoms with Crippen molar-refractivity contribution in [1.29, 1.82) is 0 Å². The summed E-state index contributed by atoms with van der Waals surface area (Å²) in [6.07, 6.45) is 2.36. The summed E-state index contributed by atoms with van der Waals surface area (Å²) in [4.78, 5) is 4.39. The van der Waals surface area contributed by atoms with Crippen LogP contribution in [0.15, 0.2) is 41.0 Å². The Labute approximate surface area is 126 Å². The molecule has 0 spiro atoms. The maximum absolute atomic E-state index is 6.25. The van der Waals surface area contributed by atoms with E-state index in [1.807, 2.05) is 30.3 Å². The Morgan fingerprint density at radius 1 is 1.35 bits per heavy atom. The van der Waals surface area contributed by atoms with Crippen LogP contribution in [0.3, 0.4) is 0 Å². The number of pyridine rings is 1. The summed E-state index contributed by atoms with van der Waals surface area (Å²) in [5, 5.41) is 0. The van der Waals surface area contributed by atoms with Crippen LogP contribution in [0.5, 0.6) is 11.5 Å². The zero-order valence-corrected chi connectivity index (χ0v) is 12.6. The predicted molar refractivity (Wildman–Crippen MR) is 79.8 cm³/mol. The summed E-state index contributed by atoms with van der Waals surface area (Å²) in [5.41, 5.74) is 8.13. The summed E-state index contributed by atoms with van der Waals surface area (Å²) in [7, 11) is 1.64. The molecule has 2 atom stereocenters. The van der Waals surface area contributed by atoms with Crippen molar-refractivity contribution in [3.8, 4) is 11.5 Å². The van der Waals surface area contributed by atoms with Crippen molar-refractivity contribution in [2.75, 3.05) is 7.11 Å². The number of aromatic nitrogens is 1. The highest BCUT2D eigenvalue weighted by molar-refractivity contribution is 9.10. The van der Waals surface area contributed by atoms with Crippen LogP contribution < -0.4 is 15.2 Å². The fourth-order valence-corrected chi connectivity index (χ4v) is 2.60. The predicted octanol–water partition coefficient (Wildman–Crippen LogP) is 3.38. The maximum Gasteiger partial charge on any atom is 0.142 e. The van der Waals surface area contributed by atoms with Crippen LogP contribution in [-0.2, 0) is 0 Å². The second-order valence-corrected chi connectivity index (χ2v) is 5.67. The van der Waals surface area contributed by atoms with Crippen molar-refractivity contribution in [2.24, 2.45) is 5.73 Å². The first kappa shape index (κ1) is 13.4. The minimum Gasteiger partial charge on any atom is -0.497 e. The van der Waals surface area contributed by atoms with E-state index < -0.39 is 0 Å². The number of nitrogens with zero attached hydrogens (tertiary/aromatic N) is 1. The van der Waals surface area contributed by atoms with E-state index in [1.165, 1.54) is 0 Å². The van der Waals surface area contributed by atoms with Crippen molar-refractivity contribution in [2.45, 2.75) is 18.6 Å². The molecule has 20 heavy (non-hydrogen) atoms. The van der Waals surface area contributed by atoms with Crippen LogP contribution in [0.4, 0.5) is 0 Å². The summed E-state index contributed by atoms with van der Waals surface area (Å²) >= 11 is 3.38. The van der Waals surface area contributed by atoms with Crippen LogP contribution in [0.25, 0.3) is 0 Å². The molecule has 5 heteroatoms. The van der Waals surface area contributed by atoms with Gasteiger partial charge in [0.25, 0.3) is 0 Å². The Morgan fingerprint density at radius 3 is 2.90 bits per heavy atom. The van der Waals surface area contributed by atoms with Crippen molar-refractivity contribution in [1.82, 2.24) is 4.98 Å². The molecule has 3 rings (SSSR count). The summed E-state index contributed by atoms with van der Waals surface area (Å²) < 4.78 is 12.2. The third-order valence-corrected chi connectivity index (χ3v) is 3.90. The van der Waals surface area contributed by atoms with E-state index in [2.05, 4.69) is 20.9 Å². The number of methoxy groups -OCH3 is 1. The Balaban J connectivity index is 1.90. The molecule has 2 heterocycles. The first-order valence-electron chi connectivity index (χ1n) is 6.39. The van der Waals surface area contributed by atoms with E-state index in [-0.39, 0.29) is 12.1 Å². The Hall–Kier alpha value is -1.59. The van der Waals surface area contributed by atoms with Gasteiger partial charge in [-0.1, -0.05) is 0 Å². The summed E-state index contributed by atoms with van der Waals surface area (Å²) in [6, 6.07) is 9.55. The van der Waals surface area contributed by atoms with Gasteiger partial charge in [-0.2, -0.15) is 0 Å². The zero-order valence-electron chi connectivity index (χ0n) is 11.0. The first-order valence-corrected chi connectivity index (χ1v) is 7.18. The molecule has 1 aliphatic heterocycles. The average Bonchev–Trinajstić information content (AvgIpc) is 2.47. The van der Waals surface area contributed by atoms with E-state index in [0.717, 1.165) is 27.2 Å². The lowest BCUT2D eigenvalue weighted by Crippen LogP contribution is -2.24. The number of halogens is 1. The molecule has 0 amide bonds. The number of fused-ring (bicyclic) bond motifs is 1. The van der Waals surface area contributed by atoms with Crippen LogP contribution in [0.1, 0.15) is 29.8 Å². The SMILES string of the molecule is COc1ccc2c(c1)C(N)CC(c1ccc(Br)cn1)O2. The molecule has 104 valence electrons. The van der Waals surface area contributed by atoms with Crippen LogP contribution >= 0.6 is 15.9 Å². The first-order chi connectivity index (χ1) is 9.67. The lowest BCUT2D eigenvalue weighted by atomic mass is 9.95. The second kappa shape index (κ2) is 5.42. The highest BCUT2D eigenvalue weighted by Crippen LogP contribution is 2.40. The lowest BCUT2D eigenvalue weighted by molar-refractivity contribution is 0.157. The Bertz CT molecular complexity index is 616. The molecule has 0 saturated carbocycles. The highest BCUT2D eigenvalue weighted by Gasteiger charge is 2.28. The van der Waals surface area contributed by atoms with Gasteiger partial charge in [0.2, 0.25) is 0 Å². The number of benzene rings is 1. The molecular weight excluding hydrogens is 320 g/mol. The number of hydrogen-bond donors (Lipinski definition) is 1. The zero-order chi connectivity index (χ0) is 14.1. The molecule has 0 aliphatic carbocycles. The summed E-state index contributed by atoms with van der Waals surface area (Å²) in [6.45, 7) is 0. The molecule has 0 radical (unpaired) electrons. The molecule has 1 aromatic heterocycles. The van der Waals surface area contributed by atoms with Gasteiger partial charge in [0.05, 0.1) is 12.8 Å². The minimum atomic E-state index is -0.112. The largest absolute Gasteiger partial charge is 0.497 e. The molecule has 2 unspecified atom stereocenters. The molecule has 1 aliphatic rings. The van der Waals surface area contributed by atoms with Gasteiger partial charge in [-0.25, -0.2) is 0 Å². The van der Waals surface area contributed by atoms with Gasteiger partial charge in [-0.05, 0) is 46.3 Å². The average molecular weight is 335 g/mol. The fraction of sp³-hybridized carbons (Fsp3) is 0.267. The maximum atomic E-state index is 6.25. The van der Waals surface area contributed by atoms with Crippen LogP contribution in [0, 0.1) is 0 Å². The third-order valence-electron chi connectivity index (χ3n) is 3.43. The van der Waals surface area contributed by atoms with Crippen molar-refractivity contribution >= 4 is 15.9 Å². The van der Waals surface area contributed by atoms with Crippen molar-refractivity contribution < 1.29 is 9.47 Å². The molecule has 2 N–H and O–H groups in total. The lowest BCUT2D eigenvalue weighted by Gasteiger charge is -2.30. The molecule has 0 bridgehead atoms. The van der Waals surface area contributed by atoms with Gasteiger partial charge in [0, 0.05) is 28.7 Å². The summed E-state index contributed by atoms with van der Waals surface area (Å²) in [5.74, 6) is 1.60. The molecule has 2 aromatic rings. The minimum absolute atomic E-state index is 0.0794. The van der Waals surface area contributed by atoms with Crippen molar-refractivity contribution in [3.63, 3.8) is 0 Å². The van der Waals surface area contributed by atoms with E-state index in [4.69, 9.17) is 15.2 Å². The molecular formula is C15H15BrN2O2. The number of hydrogen-bond acceptors (Lipinski definition) is 4. The highest BCUT2D eigenvalue weighted by atomic mass is 79.9. The van der Waals surface area contributed by atoms with Gasteiger partial charge in [-0.15, -0.1) is 0 Å². The number of ether oxygens (including phenoxy) is 2. The molecule has 4 nitrogen and oxygen atoms in total. The van der Waals surface area contributed by atoms with E-state index in [0.29, 0.717) is 6.42 Å². The normalized spacial score (nSPS) is 20.9. The van der Waals surface area contributed by atoms with Gasteiger partial charge in [-0.3, -0.25) is 4.98 Å². The molecule has 1 aromatic carbocycles. The number of nitrogens with two attached hydrogens (primary N) is 1. The standard InChI is InChI=1S/C15H15BrN2O2/c1-19-10-3-5-14-11(6-10)12(17)7-15(20-14)13-4-2-9(16)8-18-13/h2-6,8,12,15H,7,17H2,1H3. The third kappa shape index (κ3) is 2.51. The monoisotopic (exact) mass is 334 g/mol. The Kier molecular flexibility index (Phi) is 3.63. The smallest absolute Gasteiger partial charge is 0.142 e. The van der Waals surface area contributed by atoms with Gasteiger partial charge in [0.1, 0.15) is 17.6 Å².